The molecule has 2 aliphatic heterocycles. The van der Waals surface area contributed by atoms with Gasteiger partial charge in [0.2, 0.25) is 0 Å². The molecule has 6 heteroatoms. The molecule has 0 aliphatic carbocycles. The van der Waals surface area contributed by atoms with Crippen LogP contribution in [0.15, 0.2) is 24.3 Å². The van der Waals surface area contributed by atoms with Crippen LogP contribution in [-0.4, -0.2) is 53.2 Å². The van der Waals surface area contributed by atoms with Gasteiger partial charge in [-0.3, -0.25) is 4.90 Å². The third-order valence-electron chi connectivity index (χ3n) is 6.40. The molecular formula is C25H35N3O2S. The molecular weight excluding hydrogens is 406 g/mol. The zero-order valence-electron chi connectivity index (χ0n) is 19.7. The number of benzene rings is 1. The summed E-state index contributed by atoms with van der Waals surface area (Å²) in [5.41, 5.74) is 2.64. The van der Waals surface area contributed by atoms with Crippen LogP contribution in [0.1, 0.15) is 64.5 Å². The molecule has 0 N–H and O–H groups in total. The van der Waals surface area contributed by atoms with Crippen molar-refractivity contribution in [2.45, 2.75) is 64.9 Å². The Morgan fingerprint density at radius 2 is 1.97 bits per heavy atom. The van der Waals surface area contributed by atoms with Crippen LogP contribution in [0.2, 0.25) is 0 Å². The second-order valence-electron chi connectivity index (χ2n) is 10.6. The van der Waals surface area contributed by atoms with Crippen LogP contribution in [-0.2, 0) is 10.2 Å². The first-order valence-corrected chi connectivity index (χ1v) is 12.2. The second kappa shape index (κ2) is 8.21. The van der Waals surface area contributed by atoms with Crippen molar-refractivity contribution >= 4 is 33.3 Å². The first-order valence-electron chi connectivity index (χ1n) is 11.3. The molecule has 5 nitrogen and oxygen atoms in total. The summed E-state index contributed by atoms with van der Waals surface area (Å²) < 4.78 is 6.91. The maximum absolute atomic E-state index is 12.9. The normalized spacial score (nSPS) is 22.5. The van der Waals surface area contributed by atoms with Gasteiger partial charge in [-0.25, -0.2) is 9.78 Å². The average molecular weight is 442 g/mol. The van der Waals surface area contributed by atoms with E-state index in [1.165, 1.54) is 9.71 Å². The zero-order valence-corrected chi connectivity index (χ0v) is 20.5. The summed E-state index contributed by atoms with van der Waals surface area (Å²) in [4.78, 5) is 22.2. The number of aromatic nitrogens is 1. The minimum atomic E-state index is -0.514. The Morgan fingerprint density at radius 3 is 2.65 bits per heavy atom. The molecule has 0 radical (unpaired) electrons. The number of hydrogen-bond acceptors (Lipinski definition) is 5. The van der Waals surface area contributed by atoms with E-state index >= 15 is 0 Å². The highest BCUT2D eigenvalue weighted by Crippen LogP contribution is 2.40. The fraction of sp³-hybridized carbons (Fsp3) is 0.600. The minimum Gasteiger partial charge on any atom is -0.443 e. The molecule has 31 heavy (non-hydrogen) atoms. The van der Waals surface area contributed by atoms with Gasteiger partial charge in [0.1, 0.15) is 5.60 Å². The fourth-order valence-corrected chi connectivity index (χ4v) is 5.49. The van der Waals surface area contributed by atoms with Crippen molar-refractivity contribution in [2.75, 3.05) is 26.7 Å². The van der Waals surface area contributed by atoms with Crippen molar-refractivity contribution in [1.29, 1.82) is 0 Å². The predicted molar refractivity (Wildman–Crippen MR) is 128 cm³/mol. The van der Waals surface area contributed by atoms with Crippen LogP contribution < -0.4 is 0 Å². The molecule has 168 valence electrons. The van der Waals surface area contributed by atoms with Gasteiger partial charge in [-0.1, -0.05) is 26.0 Å². The molecule has 0 bridgehead atoms. The molecule has 2 aliphatic rings. The van der Waals surface area contributed by atoms with E-state index in [1.54, 1.807) is 4.90 Å². The van der Waals surface area contributed by atoms with Crippen LogP contribution in [0.3, 0.4) is 0 Å². The van der Waals surface area contributed by atoms with Gasteiger partial charge in [-0.15, -0.1) is 11.3 Å². The van der Waals surface area contributed by atoms with Gasteiger partial charge in [-0.05, 0) is 78.2 Å². The highest BCUT2D eigenvalue weighted by Gasteiger charge is 2.34. The third-order valence-corrected chi connectivity index (χ3v) is 7.75. The van der Waals surface area contributed by atoms with Gasteiger partial charge in [0.05, 0.1) is 20.9 Å². The number of nitrogens with zero attached hydrogens (tertiary/aromatic N) is 3. The lowest BCUT2D eigenvalue weighted by Gasteiger charge is -2.36. The van der Waals surface area contributed by atoms with Gasteiger partial charge in [0.15, 0.2) is 0 Å². The number of allylic oxidation sites excluding steroid dienone is 1. The van der Waals surface area contributed by atoms with Gasteiger partial charge < -0.3 is 9.64 Å². The first-order chi connectivity index (χ1) is 14.5. The molecule has 1 aromatic heterocycles. The lowest BCUT2D eigenvalue weighted by molar-refractivity contribution is 0.0327. The van der Waals surface area contributed by atoms with Crippen molar-refractivity contribution in [3.8, 4) is 0 Å². The van der Waals surface area contributed by atoms with E-state index in [2.05, 4.69) is 50.1 Å². The van der Waals surface area contributed by atoms with Gasteiger partial charge in [-0.2, -0.15) is 0 Å². The summed E-state index contributed by atoms with van der Waals surface area (Å²) in [6.07, 6.45) is 5.14. The number of hydrogen-bond donors (Lipinski definition) is 0. The van der Waals surface area contributed by atoms with E-state index in [4.69, 9.17) is 9.72 Å². The Morgan fingerprint density at radius 1 is 1.26 bits per heavy atom. The smallest absolute Gasteiger partial charge is 0.414 e. The molecule has 3 heterocycles. The molecule has 2 aromatic rings. The minimum absolute atomic E-state index is 0.151. The number of amides is 1. The molecule has 0 saturated carbocycles. The molecule has 0 spiro atoms. The number of piperidine rings is 1. The second-order valence-corrected chi connectivity index (χ2v) is 11.6. The first kappa shape index (κ1) is 22.3. The van der Waals surface area contributed by atoms with Crippen molar-refractivity contribution in [2.24, 2.45) is 5.92 Å². The highest BCUT2D eigenvalue weighted by molar-refractivity contribution is 7.18. The van der Waals surface area contributed by atoms with E-state index in [1.807, 2.05) is 32.1 Å². The number of carbonyl (C=O) groups excluding carboxylic acids is 1. The summed E-state index contributed by atoms with van der Waals surface area (Å²) >= 11 is 1.82. The van der Waals surface area contributed by atoms with Gasteiger partial charge >= 0.3 is 6.09 Å². The summed E-state index contributed by atoms with van der Waals surface area (Å²) in [6, 6.07) is 6.43. The van der Waals surface area contributed by atoms with E-state index in [9.17, 15) is 4.79 Å². The highest BCUT2D eigenvalue weighted by atomic mass is 32.1. The van der Waals surface area contributed by atoms with Gasteiger partial charge in [0.25, 0.3) is 0 Å². The quantitative estimate of drug-likeness (QED) is 0.582. The molecule has 1 amide bonds. The molecule has 1 atom stereocenters. The Labute approximate surface area is 190 Å². The van der Waals surface area contributed by atoms with E-state index in [0.29, 0.717) is 12.5 Å². The number of ether oxygens (including phenoxy) is 1. The average Bonchev–Trinajstić information content (AvgIpc) is 3.13. The molecule has 1 unspecified atom stereocenters. The predicted octanol–water partition coefficient (Wildman–Crippen LogP) is 5.90. The van der Waals surface area contributed by atoms with Crippen molar-refractivity contribution in [3.05, 3.63) is 34.8 Å². The van der Waals surface area contributed by atoms with Crippen molar-refractivity contribution < 1.29 is 9.53 Å². The van der Waals surface area contributed by atoms with Crippen LogP contribution in [0, 0.1) is 5.92 Å². The van der Waals surface area contributed by atoms with Crippen LogP contribution in [0.25, 0.3) is 15.9 Å². The lowest BCUT2D eigenvalue weighted by atomic mass is 9.81. The summed E-state index contributed by atoms with van der Waals surface area (Å²) in [5, 5.41) is 1.24. The van der Waals surface area contributed by atoms with Crippen LogP contribution >= 0.6 is 11.3 Å². The Kier molecular flexibility index (Phi) is 5.90. The Hall–Kier alpha value is -1.92. The lowest BCUT2D eigenvalue weighted by Crippen LogP contribution is -2.39. The number of likely N-dealkylation sites (tertiary alicyclic amines) is 1. The number of carbonyl (C=O) groups is 1. The third kappa shape index (κ3) is 4.80. The van der Waals surface area contributed by atoms with Crippen molar-refractivity contribution in [1.82, 2.24) is 14.8 Å². The monoisotopic (exact) mass is 441 g/mol. The number of rotatable bonds is 2. The summed E-state index contributed by atoms with van der Waals surface area (Å²) in [6.45, 7) is 13.2. The standard InChI is InChI=1S/C25H35N3O2S/c1-17-7-9-20(28(16-17)23(29)30-24(2,3)4)18-8-10-21-19(15-18)26-22(31-21)25(5)11-13-27(6)14-12-25/h8-10,15,17H,7,11-14,16H2,1-6H3. The van der Waals surface area contributed by atoms with E-state index in [-0.39, 0.29) is 11.5 Å². The van der Waals surface area contributed by atoms with Crippen molar-refractivity contribution in [3.63, 3.8) is 0 Å². The maximum Gasteiger partial charge on any atom is 0.414 e. The molecule has 1 fully saturated rings. The van der Waals surface area contributed by atoms with E-state index in [0.717, 1.165) is 49.1 Å². The SMILES string of the molecule is CC1CC=C(c2ccc3sc(C4(C)CCN(C)CC4)nc3c2)N(C(=O)OC(C)(C)C)C1. The summed E-state index contributed by atoms with van der Waals surface area (Å²) in [5.74, 6) is 0.412. The van der Waals surface area contributed by atoms with Crippen LogP contribution in [0.5, 0.6) is 0 Å². The number of fused-ring (bicyclic) bond motifs is 1. The van der Waals surface area contributed by atoms with E-state index < -0.39 is 5.60 Å². The fourth-order valence-electron chi connectivity index (χ4n) is 4.34. The topological polar surface area (TPSA) is 45.7 Å². The Bertz CT molecular complexity index is 996. The van der Waals surface area contributed by atoms with Gasteiger partial charge in [0, 0.05) is 17.5 Å². The molecule has 1 saturated heterocycles. The zero-order chi connectivity index (χ0) is 22.4. The maximum atomic E-state index is 12.9. The molecule has 1 aromatic carbocycles. The molecule has 4 rings (SSSR count). The Balaban J connectivity index is 1.64. The van der Waals surface area contributed by atoms with Crippen LogP contribution in [0.4, 0.5) is 4.79 Å². The summed E-state index contributed by atoms with van der Waals surface area (Å²) in [7, 11) is 2.19. The largest absolute Gasteiger partial charge is 0.443 e. The number of thiazole rings is 1.